The molecule has 0 saturated carbocycles. The third kappa shape index (κ3) is 7.87. The van der Waals surface area contributed by atoms with Crippen molar-refractivity contribution >= 4 is 34.3 Å². The van der Waals surface area contributed by atoms with Crippen molar-refractivity contribution in [2.45, 2.75) is 17.1 Å². The molecule has 12 heteroatoms. The third-order valence-electron chi connectivity index (χ3n) is 2.73. The number of rotatable bonds is 8. The Balaban J connectivity index is 1.63. The molecule has 0 aliphatic heterocycles. The van der Waals surface area contributed by atoms with Crippen LogP contribution in [0.1, 0.15) is 5.56 Å². The van der Waals surface area contributed by atoms with Gasteiger partial charge in [-0.1, -0.05) is 35.2 Å². The molecule has 0 radical (unpaired) electrons. The minimum Gasteiger partial charge on any atom is -0.440 e. The van der Waals surface area contributed by atoms with Gasteiger partial charge in [0, 0.05) is 18.8 Å². The van der Waals surface area contributed by atoms with E-state index in [0.29, 0.717) is 21.8 Å². The molecule has 1 aromatic heterocycles. The van der Waals surface area contributed by atoms with Crippen molar-refractivity contribution in [3.8, 4) is 0 Å². The highest BCUT2D eigenvalue weighted by Gasteiger charge is 2.29. The number of anilines is 1. The Morgan fingerprint density at radius 3 is 2.65 bits per heavy atom. The summed E-state index contributed by atoms with van der Waals surface area (Å²) in [6, 6.07) is 6.04. The second kappa shape index (κ2) is 9.57. The first-order chi connectivity index (χ1) is 12.3. The van der Waals surface area contributed by atoms with Gasteiger partial charge in [-0.15, -0.1) is 10.2 Å². The summed E-state index contributed by atoms with van der Waals surface area (Å²) < 4.78 is 53.1. The van der Waals surface area contributed by atoms with Crippen molar-refractivity contribution < 1.29 is 27.1 Å². The molecule has 2 aromatic rings. The predicted molar refractivity (Wildman–Crippen MR) is 89.8 cm³/mol. The van der Waals surface area contributed by atoms with Crippen LogP contribution in [0.2, 0.25) is 0 Å². The Morgan fingerprint density at radius 1 is 1.23 bits per heavy atom. The van der Waals surface area contributed by atoms with Crippen LogP contribution in [0.15, 0.2) is 28.6 Å². The van der Waals surface area contributed by atoms with E-state index in [1.807, 2.05) is 0 Å². The highest BCUT2D eigenvalue weighted by atomic mass is 32.2. The molecule has 2 rings (SSSR count). The highest BCUT2D eigenvalue weighted by molar-refractivity contribution is 8.01. The zero-order valence-electron chi connectivity index (χ0n) is 13.2. The third-order valence-corrected chi connectivity index (χ3v) is 4.74. The van der Waals surface area contributed by atoms with Gasteiger partial charge in [0.1, 0.15) is 5.82 Å². The largest absolute Gasteiger partial charge is 0.440 e. The normalized spacial score (nSPS) is 11.2. The van der Waals surface area contributed by atoms with Crippen LogP contribution < -0.4 is 10.6 Å². The molecule has 0 fully saturated rings. The van der Waals surface area contributed by atoms with Crippen molar-refractivity contribution in [3.05, 3.63) is 35.6 Å². The maximum Gasteiger partial charge on any atom is 0.422 e. The van der Waals surface area contributed by atoms with Crippen LogP contribution in [0.4, 0.5) is 27.5 Å². The fourth-order valence-electron chi connectivity index (χ4n) is 1.61. The molecule has 142 valence electrons. The molecule has 26 heavy (non-hydrogen) atoms. The van der Waals surface area contributed by atoms with E-state index in [9.17, 15) is 22.4 Å². The number of nitrogens with zero attached hydrogens (tertiary/aromatic N) is 2. The zero-order valence-corrected chi connectivity index (χ0v) is 14.8. The van der Waals surface area contributed by atoms with Gasteiger partial charge in [-0.25, -0.2) is 9.18 Å². The first kappa shape index (κ1) is 20.2. The van der Waals surface area contributed by atoms with Crippen molar-refractivity contribution in [2.75, 3.05) is 24.2 Å². The monoisotopic (exact) mass is 410 g/mol. The summed E-state index contributed by atoms with van der Waals surface area (Å²) in [5.74, 6) is 0.0903. The lowest BCUT2D eigenvalue weighted by Gasteiger charge is -2.08. The van der Waals surface area contributed by atoms with E-state index in [0.717, 1.165) is 5.56 Å². The number of carbonyl (C=O) groups excluding carboxylic acids is 1. The fraction of sp³-hybridized carbons (Fsp3) is 0.357. The highest BCUT2D eigenvalue weighted by Crippen LogP contribution is 2.25. The summed E-state index contributed by atoms with van der Waals surface area (Å²) in [5.41, 5.74) is 0.886. The number of thioether (sulfide) groups is 1. The van der Waals surface area contributed by atoms with E-state index in [1.54, 1.807) is 12.1 Å². The SMILES string of the molecule is O=C(NCCSc1nnc(NCc2ccc(F)cc2)s1)OCC(F)(F)F. The maximum absolute atomic E-state index is 12.8. The van der Waals surface area contributed by atoms with E-state index in [1.165, 1.54) is 35.2 Å². The first-order valence-electron chi connectivity index (χ1n) is 7.24. The van der Waals surface area contributed by atoms with E-state index in [4.69, 9.17) is 0 Å². The Hall–Kier alpha value is -2.08. The Kier molecular flexibility index (Phi) is 7.45. The molecule has 1 aromatic carbocycles. The number of hydrogen-bond donors (Lipinski definition) is 2. The molecule has 0 aliphatic rings. The molecule has 1 amide bonds. The van der Waals surface area contributed by atoms with Crippen LogP contribution in [-0.2, 0) is 11.3 Å². The van der Waals surface area contributed by atoms with Gasteiger partial charge in [0.05, 0.1) is 0 Å². The number of halogens is 4. The van der Waals surface area contributed by atoms with Gasteiger partial charge in [-0.2, -0.15) is 13.2 Å². The summed E-state index contributed by atoms with van der Waals surface area (Å²) in [6.45, 7) is -1.03. The van der Waals surface area contributed by atoms with Crippen molar-refractivity contribution in [3.63, 3.8) is 0 Å². The lowest BCUT2D eigenvalue weighted by molar-refractivity contribution is -0.160. The zero-order chi connectivity index (χ0) is 19.0. The minimum absolute atomic E-state index is 0.124. The van der Waals surface area contributed by atoms with Gasteiger partial charge in [0.15, 0.2) is 10.9 Å². The molecule has 0 bridgehead atoms. The number of ether oxygens (including phenoxy) is 1. The number of alkyl carbamates (subject to hydrolysis) is 1. The van der Waals surface area contributed by atoms with Gasteiger partial charge >= 0.3 is 12.3 Å². The summed E-state index contributed by atoms with van der Waals surface area (Å²) >= 11 is 2.58. The quantitative estimate of drug-likeness (QED) is 0.393. The van der Waals surface area contributed by atoms with Crippen LogP contribution in [0.5, 0.6) is 0 Å². The minimum atomic E-state index is -4.55. The second-order valence-electron chi connectivity index (χ2n) is 4.82. The molecular formula is C14H14F4N4O2S2. The van der Waals surface area contributed by atoms with Gasteiger partial charge in [-0.3, -0.25) is 0 Å². The van der Waals surface area contributed by atoms with Crippen LogP contribution in [0.3, 0.4) is 0 Å². The van der Waals surface area contributed by atoms with E-state index in [2.05, 4.69) is 25.6 Å². The maximum atomic E-state index is 12.8. The summed E-state index contributed by atoms with van der Waals surface area (Å²) in [4.78, 5) is 11.0. The van der Waals surface area contributed by atoms with Crippen molar-refractivity contribution in [2.24, 2.45) is 0 Å². The number of hydrogen-bond acceptors (Lipinski definition) is 7. The van der Waals surface area contributed by atoms with Crippen LogP contribution in [-0.4, -0.2) is 41.4 Å². The molecule has 0 unspecified atom stereocenters. The number of carbonyl (C=O) groups is 1. The number of aromatic nitrogens is 2. The van der Waals surface area contributed by atoms with Crippen molar-refractivity contribution in [1.29, 1.82) is 0 Å². The first-order valence-corrected chi connectivity index (χ1v) is 9.04. The lowest BCUT2D eigenvalue weighted by Crippen LogP contribution is -2.30. The van der Waals surface area contributed by atoms with Crippen LogP contribution in [0, 0.1) is 5.82 Å². The number of amides is 1. The molecule has 0 aliphatic carbocycles. The van der Waals surface area contributed by atoms with E-state index < -0.39 is 18.9 Å². The van der Waals surface area contributed by atoms with Crippen LogP contribution >= 0.6 is 23.1 Å². The molecule has 0 saturated heterocycles. The summed E-state index contributed by atoms with van der Waals surface area (Å²) in [5, 5.41) is 13.7. The van der Waals surface area contributed by atoms with Gasteiger partial charge < -0.3 is 15.4 Å². The van der Waals surface area contributed by atoms with Gasteiger partial charge in [-0.05, 0) is 17.7 Å². The Morgan fingerprint density at radius 2 is 1.96 bits per heavy atom. The topological polar surface area (TPSA) is 76.1 Å². The average molecular weight is 410 g/mol. The fourth-order valence-corrected chi connectivity index (χ4v) is 3.28. The van der Waals surface area contributed by atoms with Gasteiger partial charge in [0.2, 0.25) is 5.13 Å². The molecule has 2 N–H and O–H groups in total. The van der Waals surface area contributed by atoms with Gasteiger partial charge in [0.25, 0.3) is 0 Å². The molecule has 0 spiro atoms. The van der Waals surface area contributed by atoms with E-state index >= 15 is 0 Å². The molecule has 6 nitrogen and oxygen atoms in total. The average Bonchev–Trinajstić information content (AvgIpc) is 3.04. The Bertz CT molecular complexity index is 710. The summed E-state index contributed by atoms with van der Waals surface area (Å²) in [6.07, 6.45) is -5.67. The lowest BCUT2D eigenvalue weighted by atomic mass is 10.2. The van der Waals surface area contributed by atoms with Crippen molar-refractivity contribution in [1.82, 2.24) is 15.5 Å². The smallest absolute Gasteiger partial charge is 0.422 e. The number of nitrogens with one attached hydrogen (secondary N) is 2. The molecular weight excluding hydrogens is 396 g/mol. The second-order valence-corrected chi connectivity index (χ2v) is 7.14. The molecule has 0 atom stereocenters. The Labute approximate surface area is 154 Å². The number of benzene rings is 1. The molecule has 1 heterocycles. The summed E-state index contributed by atoms with van der Waals surface area (Å²) in [7, 11) is 0. The predicted octanol–water partition coefficient (Wildman–Crippen LogP) is 3.67. The van der Waals surface area contributed by atoms with E-state index in [-0.39, 0.29) is 12.4 Å². The standard InChI is InChI=1S/C14H14F4N4O2S2/c15-10-3-1-9(2-4-10)7-20-11-21-22-13(26-11)25-6-5-19-12(23)24-8-14(16,17)18/h1-4H,5-8H2,(H,19,23)(H,20,21). The number of alkyl halides is 3. The van der Waals surface area contributed by atoms with Crippen LogP contribution in [0.25, 0.3) is 0 Å².